The van der Waals surface area contributed by atoms with Crippen molar-refractivity contribution in [2.75, 3.05) is 13.2 Å². The first-order valence-corrected chi connectivity index (χ1v) is 13.9. The standard InChI is InChI=1S/C34H38N2O3/c1-5-7-8-9-10-21-39-29-13-11-12-26(22-29)24-36-32-19-18-30(38-20-6-2)23-31(32)33(35-34(36)37)28-16-14-27(15-17-28)25(3)4/h2,11-19,22-23,25H,5,7-10,20-21,24H2,1,3-4H3. The Morgan fingerprint density at radius 3 is 2.44 bits per heavy atom. The molecule has 0 atom stereocenters. The van der Waals surface area contributed by atoms with Gasteiger partial charge >= 0.3 is 5.69 Å². The van der Waals surface area contributed by atoms with Crippen molar-refractivity contribution in [3.63, 3.8) is 0 Å². The smallest absolute Gasteiger partial charge is 0.348 e. The molecule has 3 aromatic carbocycles. The number of unbranched alkanes of at least 4 members (excludes halogenated alkanes) is 4. The number of ether oxygens (including phenoxy) is 2. The first-order valence-electron chi connectivity index (χ1n) is 13.9. The zero-order valence-electron chi connectivity index (χ0n) is 23.3. The van der Waals surface area contributed by atoms with Gasteiger partial charge < -0.3 is 9.47 Å². The molecule has 39 heavy (non-hydrogen) atoms. The molecule has 5 nitrogen and oxygen atoms in total. The van der Waals surface area contributed by atoms with E-state index in [1.807, 2.05) is 54.6 Å². The summed E-state index contributed by atoms with van der Waals surface area (Å²) in [4.78, 5) is 18.0. The molecule has 4 aromatic rings. The fourth-order valence-electron chi connectivity index (χ4n) is 4.68. The number of rotatable bonds is 13. The van der Waals surface area contributed by atoms with Gasteiger partial charge in [-0.2, -0.15) is 4.98 Å². The van der Waals surface area contributed by atoms with Crippen molar-refractivity contribution in [2.24, 2.45) is 0 Å². The Bertz CT molecular complexity index is 1480. The summed E-state index contributed by atoms with van der Waals surface area (Å²) >= 11 is 0. The number of aromatic nitrogens is 2. The summed E-state index contributed by atoms with van der Waals surface area (Å²) in [5, 5.41) is 0.834. The van der Waals surface area contributed by atoms with E-state index in [1.54, 1.807) is 4.57 Å². The van der Waals surface area contributed by atoms with Gasteiger partial charge in [-0.25, -0.2) is 4.79 Å². The lowest BCUT2D eigenvalue weighted by molar-refractivity contribution is 0.304. The van der Waals surface area contributed by atoms with Gasteiger partial charge in [-0.1, -0.05) is 88.8 Å². The number of hydrogen-bond acceptors (Lipinski definition) is 4. The van der Waals surface area contributed by atoms with Crippen molar-refractivity contribution in [1.29, 1.82) is 0 Å². The van der Waals surface area contributed by atoms with Gasteiger partial charge in [0.1, 0.15) is 18.1 Å². The monoisotopic (exact) mass is 522 g/mol. The van der Waals surface area contributed by atoms with Crippen LogP contribution in [0.4, 0.5) is 0 Å². The highest BCUT2D eigenvalue weighted by molar-refractivity contribution is 5.93. The van der Waals surface area contributed by atoms with E-state index in [2.05, 4.69) is 43.8 Å². The largest absolute Gasteiger partial charge is 0.494 e. The first-order chi connectivity index (χ1) is 19.0. The second-order valence-electron chi connectivity index (χ2n) is 10.2. The third-order valence-electron chi connectivity index (χ3n) is 6.88. The molecule has 0 bridgehead atoms. The molecule has 0 unspecified atom stereocenters. The molecule has 0 saturated heterocycles. The van der Waals surface area contributed by atoms with Crippen molar-refractivity contribution in [3.8, 4) is 35.1 Å². The summed E-state index contributed by atoms with van der Waals surface area (Å²) in [6.45, 7) is 7.78. The van der Waals surface area contributed by atoms with Crippen LogP contribution in [0.2, 0.25) is 0 Å². The molecule has 0 saturated carbocycles. The number of terminal acetylenes is 1. The summed E-state index contributed by atoms with van der Waals surface area (Å²) in [6, 6.07) is 21.9. The average Bonchev–Trinajstić information content (AvgIpc) is 2.95. The lowest BCUT2D eigenvalue weighted by Gasteiger charge is -2.15. The maximum Gasteiger partial charge on any atom is 0.348 e. The van der Waals surface area contributed by atoms with Gasteiger partial charge in [0, 0.05) is 10.9 Å². The van der Waals surface area contributed by atoms with Crippen molar-refractivity contribution in [3.05, 3.63) is 88.3 Å². The van der Waals surface area contributed by atoms with E-state index in [1.165, 1.54) is 31.2 Å². The van der Waals surface area contributed by atoms with Gasteiger partial charge in [-0.15, -0.1) is 6.42 Å². The third kappa shape index (κ3) is 7.29. The van der Waals surface area contributed by atoms with E-state index in [4.69, 9.17) is 15.9 Å². The van der Waals surface area contributed by atoms with Gasteiger partial charge in [0.05, 0.1) is 24.4 Å². The first kappa shape index (κ1) is 28.0. The minimum Gasteiger partial charge on any atom is -0.494 e. The highest BCUT2D eigenvalue weighted by Gasteiger charge is 2.15. The molecule has 202 valence electrons. The van der Waals surface area contributed by atoms with Gasteiger partial charge in [0.15, 0.2) is 0 Å². The molecular weight excluding hydrogens is 484 g/mol. The molecule has 0 aliphatic heterocycles. The molecule has 5 heteroatoms. The molecule has 0 aliphatic rings. The topological polar surface area (TPSA) is 53.3 Å². The fraction of sp³-hybridized carbons (Fsp3) is 0.353. The number of benzene rings is 3. The maximum absolute atomic E-state index is 13.4. The Kier molecular flexibility index (Phi) is 9.80. The second-order valence-corrected chi connectivity index (χ2v) is 10.2. The van der Waals surface area contributed by atoms with Crippen molar-refractivity contribution in [1.82, 2.24) is 9.55 Å². The van der Waals surface area contributed by atoms with E-state index >= 15 is 0 Å². The van der Waals surface area contributed by atoms with E-state index in [9.17, 15) is 4.79 Å². The maximum atomic E-state index is 13.4. The summed E-state index contributed by atoms with van der Waals surface area (Å²) < 4.78 is 13.4. The number of hydrogen-bond donors (Lipinski definition) is 0. The highest BCUT2D eigenvalue weighted by atomic mass is 16.5. The summed E-state index contributed by atoms with van der Waals surface area (Å²) in [7, 11) is 0. The van der Waals surface area contributed by atoms with Gasteiger partial charge in [0.2, 0.25) is 0 Å². The van der Waals surface area contributed by atoms with E-state index < -0.39 is 0 Å². The lowest BCUT2D eigenvalue weighted by atomic mass is 9.99. The Morgan fingerprint density at radius 1 is 0.923 bits per heavy atom. The predicted octanol–water partition coefficient (Wildman–Crippen LogP) is 7.60. The van der Waals surface area contributed by atoms with E-state index in [-0.39, 0.29) is 12.3 Å². The van der Waals surface area contributed by atoms with Gasteiger partial charge in [-0.3, -0.25) is 4.57 Å². The van der Waals surface area contributed by atoms with Crippen LogP contribution in [0, 0.1) is 12.3 Å². The third-order valence-corrected chi connectivity index (χ3v) is 6.88. The van der Waals surface area contributed by atoms with E-state index in [0.717, 1.165) is 34.2 Å². The van der Waals surface area contributed by atoms with Crippen LogP contribution in [0.1, 0.15) is 69.9 Å². The molecule has 0 radical (unpaired) electrons. The number of nitrogens with zero attached hydrogens (tertiary/aromatic N) is 2. The summed E-state index contributed by atoms with van der Waals surface area (Å²) in [6.07, 6.45) is 11.4. The highest BCUT2D eigenvalue weighted by Crippen LogP contribution is 2.30. The SMILES string of the molecule is C#CCOc1ccc2c(c1)c(-c1ccc(C(C)C)cc1)nc(=O)n2Cc1cccc(OCCCCCCC)c1. The van der Waals surface area contributed by atoms with Crippen LogP contribution in [0.25, 0.3) is 22.2 Å². The Labute approximate surface area is 231 Å². The van der Waals surface area contributed by atoms with Crippen LogP contribution in [-0.4, -0.2) is 22.8 Å². The molecule has 1 aromatic heterocycles. The molecule has 0 fully saturated rings. The predicted molar refractivity (Wildman–Crippen MR) is 160 cm³/mol. The van der Waals surface area contributed by atoms with Crippen LogP contribution in [-0.2, 0) is 6.54 Å². The molecule has 0 amide bonds. The van der Waals surface area contributed by atoms with E-state index in [0.29, 0.717) is 30.5 Å². The van der Waals surface area contributed by atoms with Crippen LogP contribution in [0.3, 0.4) is 0 Å². The Balaban J connectivity index is 1.66. The quantitative estimate of drug-likeness (QED) is 0.134. The Morgan fingerprint density at radius 2 is 1.69 bits per heavy atom. The van der Waals surface area contributed by atoms with Crippen LogP contribution < -0.4 is 15.2 Å². The van der Waals surface area contributed by atoms with Crippen molar-refractivity contribution < 1.29 is 9.47 Å². The molecule has 1 heterocycles. The molecular formula is C34H38N2O3. The van der Waals surface area contributed by atoms with Gasteiger partial charge in [0.25, 0.3) is 0 Å². The van der Waals surface area contributed by atoms with Crippen molar-refractivity contribution in [2.45, 2.75) is 65.3 Å². The zero-order chi connectivity index (χ0) is 27.6. The van der Waals surface area contributed by atoms with Crippen LogP contribution in [0.15, 0.2) is 71.5 Å². The summed E-state index contributed by atoms with van der Waals surface area (Å²) in [5.74, 6) is 4.39. The molecule has 4 rings (SSSR count). The second kappa shape index (κ2) is 13.7. The number of fused-ring (bicyclic) bond motifs is 1. The van der Waals surface area contributed by atoms with Crippen LogP contribution in [0.5, 0.6) is 11.5 Å². The minimum atomic E-state index is -0.301. The minimum absolute atomic E-state index is 0.169. The fourth-order valence-corrected chi connectivity index (χ4v) is 4.68. The molecule has 0 aliphatic carbocycles. The Hall–Kier alpha value is -4.04. The zero-order valence-corrected chi connectivity index (χ0v) is 23.3. The van der Waals surface area contributed by atoms with Crippen molar-refractivity contribution >= 4 is 10.9 Å². The average molecular weight is 523 g/mol. The van der Waals surface area contributed by atoms with Gasteiger partial charge in [-0.05, 0) is 53.8 Å². The lowest BCUT2D eigenvalue weighted by Crippen LogP contribution is -2.24. The molecule has 0 spiro atoms. The normalized spacial score (nSPS) is 11.1. The summed E-state index contributed by atoms with van der Waals surface area (Å²) in [5.41, 5.74) is 4.21. The van der Waals surface area contributed by atoms with Crippen LogP contribution >= 0.6 is 0 Å². The molecule has 0 N–H and O–H groups in total.